The van der Waals surface area contributed by atoms with Gasteiger partial charge in [-0.05, 0) is 25.7 Å². The molecule has 0 radical (unpaired) electrons. The van der Waals surface area contributed by atoms with Crippen molar-refractivity contribution in [3.63, 3.8) is 0 Å². The van der Waals surface area contributed by atoms with Gasteiger partial charge in [0.25, 0.3) is 0 Å². The fourth-order valence-electron chi connectivity index (χ4n) is 2.54. The van der Waals surface area contributed by atoms with Crippen molar-refractivity contribution >= 4 is 11.5 Å². The van der Waals surface area contributed by atoms with Crippen LogP contribution in [0.15, 0.2) is 6.20 Å². The number of rotatable bonds is 5. The van der Waals surface area contributed by atoms with Gasteiger partial charge in [-0.2, -0.15) is 0 Å². The molecule has 7 heteroatoms. The number of anilines is 1. The Morgan fingerprint density at radius 2 is 2.44 bits per heavy atom. The molecule has 7 nitrogen and oxygen atoms in total. The van der Waals surface area contributed by atoms with Crippen LogP contribution in [0.1, 0.15) is 25.7 Å². The average Bonchev–Trinajstić information content (AvgIpc) is 2.91. The predicted octanol–water partition coefficient (Wildman–Crippen LogP) is 1.07. The first-order chi connectivity index (χ1) is 8.63. The summed E-state index contributed by atoms with van der Waals surface area (Å²) < 4.78 is 1.48. The number of aliphatic hydroxyl groups excluding tert-OH is 1. The Labute approximate surface area is 105 Å². The molecule has 0 aliphatic carbocycles. The zero-order valence-corrected chi connectivity index (χ0v) is 10.4. The molecule has 1 aliphatic heterocycles. The van der Waals surface area contributed by atoms with Crippen molar-refractivity contribution in [2.24, 2.45) is 7.05 Å². The topological polar surface area (TPSA) is 84.4 Å². The molecule has 1 fully saturated rings. The van der Waals surface area contributed by atoms with E-state index < -0.39 is 0 Å². The van der Waals surface area contributed by atoms with Crippen LogP contribution in [0.3, 0.4) is 0 Å². The zero-order chi connectivity index (χ0) is 13.1. The second kappa shape index (κ2) is 5.34. The van der Waals surface area contributed by atoms with Crippen molar-refractivity contribution in [3.8, 4) is 0 Å². The molecule has 0 aromatic carbocycles. The maximum atomic E-state index is 11.0. The Kier molecular flexibility index (Phi) is 3.81. The molecule has 18 heavy (non-hydrogen) atoms. The number of aliphatic hydroxyl groups is 1. The summed E-state index contributed by atoms with van der Waals surface area (Å²) in [7, 11) is 1.69. The Morgan fingerprint density at radius 3 is 3.11 bits per heavy atom. The van der Waals surface area contributed by atoms with Gasteiger partial charge in [0, 0.05) is 26.2 Å². The monoisotopic (exact) mass is 254 g/mol. The minimum Gasteiger partial charge on any atom is -0.396 e. The van der Waals surface area contributed by atoms with Crippen molar-refractivity contribution in [2.45, 2.75) is 31.7 Å². The van der Waals surface area contributed by atoms with Crippen molar-refractivity contribution in [2.75, 3.05) is 18.1 Å². The van der Waals surface area contributed by atoms with Crippen LogP contribution < -0.4 is 4.90 Å². The van der Waals surface area contributed by atoms with Gasteiger partial charge in [0.1, 0.15) is 6.20 Å². The maximum Gasteiger partial charge on any atom is 0.330 e. The number of nitro groups is 1. The molecule has 1 N–H and O–H groups in total. The van der Waals surface area contributed by atoms with E-state index in [9.17, 15) is 10.1 Å². The van der Waals surface area contributed by atoms with Crippen LogP contribution in [0, 0.1) is 10.1 Å². The normalized spacial score (nSPS) is 19.4. The van der Waals surface area contributed by atoms with Gasteiger partial charge < -0.3 is 10.0 Å². The summed E-state index contributed by atoms with van der Waals surface area (Å²) in [4.78, 5) is 12.6. The Hall–Kier alpha value is -1.63. The highest BCUT2D eigenvalue weighted by Crippen LogP contribution is 2.33. The van der Waals surface area contributed by atoms with E-state index in [4.69, 9.17) is 5.11 Å². The fraction of sp³-hybridized carbons (Fsp3) is 0.727. The third-order valence-electron chi connectivity index (χ3n) is 3.33. The molecule has 1 saturated heterocycles. The van der Waals surface area contributed by atoms with Crippen LogP contribution in [0.25, 0.3) is 0 Å². The van der Waals surface area contributed by atoms with Crippen molar-refractivity contribution in [3.05, 3.63) is 16.3 Å². The van der Waals surface area contributed by atoms with E-state index in [1.807, 2.05) is 4.90 Å². The van der Waals surface area contributed by atoms with E-state index >= 15 is 0 Å². The van der Waals surface area contributed by atoms with Crippen molar-refractivity contribution in [1.82, 2.24) is 9.78 Å². The number of hydrogen-bond acceptors (Lipinski definition) is 5. The van der Waals surface area contributed by atoms with Crippen molar-refractivity contribution < 1.29 is 10.0 Å². The molecule has 0 saturated carbocycles. The molecule has 0 amide bonds. The van der Waals surface area contributed by atoms with Gasteiger partial charge in [0.05, 0.1) is 4.92 Å². The molecule has 1 aromatic rings. The molecule has 2 rings (SSSR count). The first kappa shape index (κ1) is 12.8. The van der Waals surface area contributed by atoms with Gasteiger partial charge in [-0.3, -0.25) is 14.8 Å². The molecular formula is C11H18N4O3. The molecule has 1 aromatic heterocycles. The molecule has 2 heterocycles. The van der Waals surface area contributed by atoms with E-state index in [1.54, 1.807) is 7.05 Å². The molecular weight excluding hydrogens is 236 g/mol. The SMILES string of the molecule is Cn1cc([N+](=O)[O-])c(N2CCCC2CCCO)n1. The smallest absolute Gasteiger partial charge is 0.330 e. The summed E-state index contributed by atoms with van der Waals surface area (Å²) in [5.74, 6) is 0.461. The van der Waals surface area contributed by atoms with Gasteiger partial charge >= 0.3 is 5.69 Å². The maximum absolute atomic E-state index is 11.0. The highest BCUT2D eigenvalue weighted by molar-refractivity contribution is 5.58. The molecule has 1 atom stereocenters. The Balaban J connectivity index is 2.21. The third kappa shape index (κ3) is 2.45. The van der Waals surface area contributed by atoms with Gasteiger partial charge in [0.2, 0.25) is 5.82 Å². The standard InChI is InChI=1S/C11H18N4O3/c1-13-8-10(15(17)18)11(12-13)14-6-2-4-9(14)5-3-7-16/h8-9,16H,2-7H2,1H3. The van der Waals surface area contributed by atoms with Gasteiger partial charge in [-0.15, -0.1) is 5.10 Å². The number of aryl methyl sites for hydroxylation is 1. The molecule has 1 unspecified atom stereocenters. The molecule has 0 spiro atoms. The summed E-state index contributed by atoms with van der Waals surface area (Å²) >= 11 is 0. The lowest BCUT2D eigenvalue weighted by Crippen LogP contribution is -2.30. The summed E-state index contributed by atoms with van der Waals surface area (Å²) in [6.45, 7) is 0.961. The number of aromatic nitrogens is 2. The second-order valence-electron chi connectivity index (χ2n) is 4.62. The van der Waals surface area contributed by atoms with E-state index in [0.717, 1.165) is 32.2 Å². The first-order valence-corrected chi connectivity index (χ1v) is 6.19. The minimum absolute atomic E-state index is 0.0633. The lowest BCUT2D eigenvalue weighted by Gasteiger charge is -2.23. The van der Waals surface area contributed by atoms with Crippen molar-refractivity contribution in [1.29, 1.82) is 0 Å². The van der Waals surface area contributed by atoms with Gasteiger partial charge in [-0.25, -0.2) is 0 Å². The number of nitrogens with zero attached hydrogens (tertiary/aromatic N) is 4. The summed E-state index contributed by atoms with van der Waals surface area (Å²) in [5.41, 5.74) is 0.0633. The van der Waals surface area contributed by atoms with Crippen LogP contribution >= 0.6 is 0 Å². The summed E-state index contributed by atoms with van der Waals surface area (Å²) in [6, 6.07) is 0.255. The van der Waals surface area contributed by atoms with E-state index in [2.05, 4.69) is 5.10 Å². The van der Waals surface area contributed by atoms with Crippen LogP contribution in [0.2, 0.25) is 0 Å². The largest absolute Gasteiger partial charge is 0.396 e. The highest BCUT2D eigenvalue weighted by Gasteiger charge is 2.32. The minimum atomic E-state index is -0.385. The molecule has 100 valence electrons. The van der Waals surface area contributed by atoms with Crippen LogP contribution in [0.5, 0.6) is 0 Å². The first-order valence-electron chi connectivity index (χ1n) is 6.19. The van der Waals surface area contributed by atoms with Gasteiger partial charge in [-0.1, -0.05) is 0 Å². The quantitative estimate of drug-likeness (QED) is 0.627. The summed E-state index contributed by atoms with van der Waals surface area (Å²) in [5, 5.41) is 24.1. The second-order valence-corrected chi connectivity index (χ2v) is 4.62. The average molecular weight is 254 g/mol. The van der Waals surface area contributed by atoms with E-state index in [-0.39, 0.29) is 23.3 Å². The van der Waals surface area contributed by atoms with Crippen LogP contribution in [0.4, 0.5) is 11.5 Å². The third-order valence-corrected chi connectivity index (χ3v) is 3.33. The van der Waals surface area contributed by atoms with E-state index in [1.165, 1.54) is 10.9 Å². The molecule has 0 bridgehead atoms. The van der Waals surface area contributed by atoms with Gasteiger partial charge in [0.15, 0.2) is 0 Å². The van der Waals surface area contributed by atoms with E-state index in [0.29, 0.717) is 5.82 Å². The predicted molar refractivity (Wildman–Crippen MR) is 66.6 cm³/mol. The fourth-order valence-corrected chi connectivity index (χ4v) is 2.54. The lowest BCUT2D eigenvalue weighted by molar-refractivity contribution is -0.384. The number of hydrogen-bond donors (Lipinski definition) is 1. The van der Waals surface area contributed by atoms with Crippen LogP contribution in [-0.2, 0) is 7.05 Å². The Bertz CT molecular complexity index is 432. The summed E-state index contributed by atoms with van der Waals surface area (Å²) in [6.07, 6.45) is 5.04. The van der Waals surface area contributed by atoms with Crippen LogP contribution in [-0.4, -0.2) is 39.0 Å². The Morgan fingerprint density at radius 1 is 1.67 bits per heavy atom. The molecule has 1 aliphatic rings. The highest BCUT2D eigenvalue weighted by atomic mass is 16.6. The zero-order valence-electron chi connectivity index (χ0n) is 10.4. The lowest BCUT2D eigenvalue weighted by atomic mass is 10.1.